The number of unbranched alkanes of at least 4 members (excludes halogenated alkanes) is 1. The highest BCUT2D eigenvalue weighted by molar-refractivity contribution is 6.32. The summed E-state index contributed by atoms with van der Waals surface area (Å²) in [5.41, 5.74) is 1.20. The van der Waals surface area contributed by atoms with E-state index >= 15 is 0 Å². The first kappa shape index (κ1) is 15.3. The van der Waals surface area contributed by atoms with Crippen LogP contribution in [-0.2, 0) is 6.54 Å². The van der Waals surface area contributed by atoms with E-state index in [4.69, 9.17) is 16.3 Å². The summed E-state index contributed by atoms with van der Waals surface area (Å²) in [4.78, 5) is 0. The lowest BCUT2D eigenvalue weighted by Crippen LogP contribution is -2.14. The molecular weight excluding hydrogens is 246 g/mol. The molecule has 1 aromatic carbocycles. The molecule has 0 unspecified atom stereocenters. The molecule has 0 radical (unpaired) electrons. The van der Waals surface area contributed by atoms with E-state index in [2.05, 4.69) is 19.2 Å². The molecule has 0 heterocycles. The number of rotatable bonds is 8. The molecule has 1 rings (SSSR count). The molecule has 0 saturated carbocycles. The van der Waals surface area contributed by atoms with Crippen molar-refractivity contribution in [1.29, 1.82) is 0 Å². The molecule has 0 atom stereocenters. The van der Waals surface area contributed by atoms with Gasteiger partial charge in [-0.15, -0.1) is 0 Å². The van der Waals surface area contributed by atoms with Crippen molar-refractivity contribution in [3.63, 3.8) is 0 Å². The SMILES string of the molecule is COc1ccc(CNCCCCC(C)C)cc1Cl. The fraction of sp³-hybridized carbons (Fsp3) is 0.600. The van der Waals surface area contributed by atoms with Gasteiger partial charge in [-0.05, 0) is 36.6 Å². The van der Waals surface area contributed by atoms with Crippen LogP contribution in [0.5, 0.6) is 5.75 Å². The molecular formula is C15H24ClNO. The zero-order chi connectivity index (χ0) is 13.4. The third kappa shape index (κ3) is 5.74. The molecule has 0 bridgehead atoms. The van der Waals surface area contributed by atoms with Crippen molar-refractivity contribution in [3.8, 4) is 5.75 Å². The van der Waals surface area contributed by atoms with E-state index in [0.717, 1.165) is 24.8 Å². The van der Waals surface area contributed by atoms with Crippen molar-refractivity contribution in [2.75, 3.05) is 13.7 Å². The molecule has 2 nitrogen and oxygen atoms in total. The lowest BCUT2D eigenvalue weighted by Gasteiger charge is -2.08. The largest absolute Gasteiger partial charge is 0.495 e. The van der Waals surface area contributed by atoms with Gasteiger partial charge in [0.05, 0.1) is 12.1 Å². The second kappa shape index (κ2) is 8.39. The van der Waals surface area contributed by atoms with Gasteiger partial charge in [0.1, 0.15) is 5.75 Å². The van der Waals surface area contributed by atoms with Gasteiger partial charge in [0.15, 0.2) is 0 Å². The first-order valence-corrected chi connectivity index (χ1v) is 7.04. The van der Waals surface area contributed by atoms with Gasteiger partial charge >= 0.3 is 0 Å². The van der Waals surface area contributed by atoms with Gasteiger partial charge in [-0.25, -0.2) is 0 Å². The maximum absolute atomic E-state index is 6.07. The fourth-order valence-electron chi connectivity index (χ4n) is 1.86. The first-order valence-electron chi connectivity index (χ1n) is 6.66. The second-order valence-electron chi connectivity index (χ2n) is 5.04. The van der Waals surface area contributed by atoms with Gasteiger partial charge in [0, 0.05) is 6.54 Å². The number of ether oxygens (including phenoxy) is 1. The quantitative estimate of drug-likeness (QED) is 0.712. The minimum absolute atomic E-state index is 0.677. The van der Waals surface area contributed by atoms with Gasteiger partial charge in [-0.2, -0.15) is 0 Å². The Morgan fingerprint density at radius 3 is 2.67 bits per heavy atom. The highest BCUT2D eigenvalue weighted by atomic mass is 35.5. The molecule has 0 spiro atoms. The number of halogens is 1. The fourth-order valence-corrected chi connectivity index (χ4v) is 2.14. The molecule has 0 aliphatic heterocycles. The summed E-state index contributed by atoms with van der Waals surface area (Å²) >= 11 is 6.07. The van der Waals surface area contributed by atoms with Crippen LogP contribution in [0, 0.1) is 5.92 Å². The van der Waals surface area contributed by atoms with E-state index < -0.39 is 0 Å². The molecule has 0 aliphatic carbocycles. The number of benzene rings is 1. The monoisotopic (exact) mass is 269 g/mol. The minimum Gasteiger partial charge on any atom is -0.495 e. The standard InChI is InChI=1S/C15H24ClNO/c1-12(2)6-4-5-9-17-11-13-7-8-15(18-3)14(16)10-13/h7-8,10,12,17H,4-6,9,11H2,1-3H3. The van der Waals surface area contributed by atoms with Crippen molar-refractivity contribution < 1.29 is 4.74 Å². The average molecular weight is 270 g/mol. The van der Waals surface area contributed by atoms with Crippen LogP contribution in [0.25, 0.3) is 0 Å². The summed E-state index contributed by atoms with van der Waals surface area (Å²) in [6, 6.07) is 5.92. The van der Waals surface area contributed by atoms with Crippen molar-refractivity contribution in [2.24, 2.45) is 5.92 Å². The topological polar surface area (TPSA) is 21.3 Å². The van der Waals surface area contributed by atoms with E-state index in [1.54, 1.807) is 7.11 Å². The van der Waals surface area contributed by atoms with Gasteiger partial charge in [0.2, 0.25) is 0 Å². The molecule has 0 saturated heterocycles. The average Bonchev–Trinajstić information content (AvgIpc) is 2.33. The maximum atomic E-state index is 6.07. The lowest BCUT2D eigenvalue weighted by molar-refractivity contribution is 0.415. The molecule has 18 heavy (non-hydrogen) atoms. The van der Waals surface area contributed by atoms with E-state index in [1.807, 2.05) is 18.2 Å². The van der Waals surface area contributed by atoms with E-state index in [-0.39, 0.29) is 0 Å². The molecule has 102 valence electrons. The van der Waals surface area contributed by atoms with Crippen molar-refractivity contribution in [1.82, 2.24) is 5.32 Å². The molecule has 0 fully saturated rings. The highest BCUT2D eigenvalue weighted by Crippen LogP contribution is 2.24. The molecule has 1 aromatic rings. The predicted octanol–water partition coefficient (Wildman–Crippen LogP) is 4.26. The van der Waals surface area contributed by atoms with Crippen molar-refractivity contribution in [2.45, 2.75) is 39.7 Å². The number of hydrogen-bond acceptors (Lipinski definition) is 2. The van der Waals surface area contributed by atoms with Gasteiger partial charge < -0.3 is 10.1 Å². The zero-order valence-corrected chi connectivity index (χ0v) is 12.4. The smallest absolute Gasteiger partial charge is 0.137 e. The van der Waals surface area contributed by atoms with Gasteiger partial charge in [-0.3, -0.25) is 0 Å². The summed E-state index contributed by atoms with van der Waals surface area (Å²) in [5, 5.41) is 4.12. The molecule has 1 N–H and O–H groups in total. The van der Waals surface area contributed by atoms with Crippen LogP contribution in [0.2, 0.25) is 5.02 Å². The number of hydrogen-bond donors (Lipinski definition) is 1. The van der Waals surface area contributed by atoms with Crippen molar-refractivity contribution in [3.05, 3.63) is 28.8 Å². The Morgan fingerprint density at radius 2 is 2.06 bits per heavy atom. The Hall–Kier alpha value is -0.730. The van der Waals surface area contributed by atoms with Crippen LogP contribution in [0.1, 0.15) is 38.7 Å². The maximum Gasteiger partial charge on any atom is 0.137 e. The third-order valence-electron chi connectivity index (χ3n) is 2.93. The van der Waals surface area contributed by atoms with Crippen LogP contribution in [0.4, 0.5) is 0 Å². The number of nitrogens with one attached hydrogen (secondary N) is 1. The van der Waals surface area contributed by atoms with Gasteiger partial charge in [0.25, 0.3) is 0 Å². The highest BCUT2D eigenvalue weighted by Gasteiger charge is 2.01. The van der Waals surface area contributed by atoms with Crippen LogP contribution < -0.4 is 10.1 Å². The van der Waals surface area contributed by atoms with Crippen LogP contribution >= 0.6 is 11.6 Å². The summed E-state index contributed by atoms with van der Waals surface area (Å²) in [6.07, 6.45) is 3.85. The molecule has 3 heteroatoms. The predicted molar refractivity (Wildman–Crippen MR) is 78.4 cm³/mol. The second-order valence-corrected chi connectivity index (χ2v) is 5.44. The van der Waals surface area contributed by atoms with E-state index in [9.17, 15) is 0 Å². The first-order chi connectivity index (χ1) is 8.63. The Labute approximate surface area is 116 Å². The Morgan fingerprint density at radius 1 is 1.28 bits per heavy atom. The van der Waals surface area contributed by atoms with Crippen LogP contribution in [0.15, 0.2) is 18.2 Å². The molecule has 0 aromatic heterocycles. The molecule has 0 amide bonds. The summed E-state index contributed by atoms with van der Waals surface area (Å²) in [5.74, 6) is 1.54. The van der Waals surface area contributed by atoms with E-state index in [1.165, 1.54) is 24.8 Å². The zero-order valence-electron chi connectivity index (χ0n) is 11.6. The molecule has 0 aliphatic rings. The Kier molecular flexibility index (Phi) is 7.14. The van der Waals surface area contributed by atoms with Gasteiger partial charge in [-0.1, -0.05) is 44.4 Å². The van der Waals surface area contributed by atoms with Crippen LogP contribution in [-0.4, -0.2) is 13.7 Å². The van der Waals surface area contributed by atoms with E-state index in [0.29, 0.717) is 5.02 Å². The third-order valence-corrected chi connectivity index (χ3v) is 3.23. The van der Waals surface area contributed by atoms with Crippen molar-refractivity contribution >= 4 is 11.6 Å². The summed E-state index contributed by atoms with van der Waals surface area (Å²) < 4.78 is 5.13. The normalized spacial score (nSPS) is 10.9. The lowest BCUT2D eigenvalue weighted by atomic mass is 10.1. The minimum atomic E-state index is 0.677. The van der Waals surface area contributed by atoms with Crippen LogP contribution in [0.3, 0.4) is 0 Å². The summed E-state index contributed by atoms with van der Waals surface area (Å²) in [7, 11) is 1.63. The Bertz CT molecular complexity index is 352. The summed E-state index contributed by atoms with van der Waals surface area (Å²) in [6.45, 7) is 6.47. The number of methoxy groups -OCH3 is 1. The Balaban J connectivity index is 2.21.